The largest absolute Gasteiger partial charge is 0.421 e. The van der Waals surface area contributed by atoms with Gasteiger partial charge in [0, 0.05) is 30.6 Å². The van der Waals surface area contributed by atoms with Crippen LogP contribution in [0.5, 0.6) is 0 Å². The number of benzene rings is 2. The lowest BCUT2D eigenvalue weighted by Crippen LogP contribution is -2.41. The summed E-state index contributed by atoms with van der Waals surface area (Å²) in [7, 11) is 0. The van der Waals surface area contributed by atoms with Crippen LogP contribution < -0.4 is 11.1 Å². The molecule has 152 valence electrons. The van der Waals surface area contributed by atoms with E-state index in [-0.39, 0.29) is 17.6 Å². The highest BCUT2D eigenvalue weighted by molar-refractivity contribution is 6.31. The molecular weight excluding hydrogens is 397 g/mol. The number of piperidine rings is 1. The number of hydrogen-bond acceptors (Lipinski definition) is 4. The maximum absolute atomic E-state index is 13.0. The molecule has 6 nitrogen and oxygen atoms in total. The van der Waals surface area contributed by atoms with E-state index in [2.05, 4.69) is 10.2 Å². The summed E-state index contributed by atoms with van der Waals surface area (Å²) in [6.07, 6.45) is 1.42. The normalized spacial score (nSPS) is 15.7. The lowest BCUT2D eigenvalue weighted by molar-refractivity contribution is -0.126. The Morgan fingerprint density at radius 1 is 1.17 bits per heavy atom. The summed E-state index contributed by atoms with van der Waals surface area (Å²) in [6, 6.07) is 11.2. The molecule has 1 amide bonds. The van der Waals surface area contributed by atoms with Crippen LogP contribution in [-0.4, -0.2) is 28.5 Å². The Kier molecular flexibility index (Phi) is 5.69. The minimum atomic E-state index is -0.415. The SMILES string of the molecule is O=C(NCc1ccc(F)cc1)C1CCN(Cn2c(=O)oc3ccc(Cl)cc32)CC1. The molecule has 1 aliphatic rings. The molecule has 1 saturated heterocycles. The monoisotopic (exact) mass is 417 g/mol. The zero-order valence-electron chi connectivity index (χ0n) is 15.7. The van der Waals surface area contributed by atoms with Crippen molar-refractivity contribution in [1.82, 2.24) is 14.8 Å². The number of fused-ring (bicyclic) bond motifs is 1. The summed E-state index contributed by atoms with van der Waals surface area (Å²) in [5, 5.41) is 3.47. The van der Waals surface area contributed by atoms with Crippen LogP contribution in [0.25, 0.3) is 11.1 Å². The highest BCUT2D eigenvalue weighted by Gasteiger charge is 2.25. The number of nitrogens with one attached hydrogen (secondary N) is 1. The number of likely N-dealkylation sites (tertiary alicyclic amines) is 1. The summed E-state index contributed by atoms with van der Waals surface area (Å²) in [5.41, 5.74) is 2.04. The number of carbonyl (C=O) groups is 1. The highest BCUT2D eigenvalue weighted by Crippen LogP contribution is 2.21. The molecule has 0 unspecified atom stereocenters. The molecule has 1 fully saturated rings. The molecule has 3 aromatic rings. The topological polar surface area (TPSA) is 67.5 Å². The Bertz CT molecular complexity index is 1070. The van der Waals surface area contributed by atoms with Gasteiger partial charge in [-0.25, -0.2) is 9.18 Å². The second-order valence-corrected chi connectivity index (χ2v) is 7.72. The van der Waals surface area contributed by atoms with E-state index in [4.69, 9.17) is 16.0 Å². The van der Waals surface area contributed by atoms with Crippen LogP contribution in [0, 0.1) is 11.7 Å². The van der Waals surface area contributed by atoms with Crippen LogP contribution in [0.3, 0.4) is 0 Å². The van der Waals surface area contributed by atoms with E-state index < -0.39 is 5.76 Å². The van der Waals surface area contributed by atoms with Crippen molar-refractivity contribution in [2.45, 2.75) is 26.1 Å². The van der Waals surface area contributed by atoms with E-state index in [0.29, 0.717) is 55.3 Å². The van der Waals surface area contributed by atoms with Gasteiger partial charge in [0.05, 0.1) is 12.2 Å². The zero-order valence-corrected chi connectivity index (χ0v) is 16.5. The van der Waals surface area contributed by atoms with Crippen LogP contribution in [-0.2, 0) is 18.0 Å². The van der Waals surface area contributed by atoms with Gasteiger partial charge in [-0.05, 0) is 48.7 Å². The first-order valence-corrected chi connectivity index (χ1v) is 9.91. The lowest BCUT2D eigenvalue weighted by Gasteiger charge is -2.31. The standard InChI is InChI=1S/C21H21ClFN3O3/c22-16-3-6-19-18(11-16)26(21(28)29-19)13-25-9-7-15(8-10-25)20(27)24-12-14-1-4-17(23)5-2-14/h1-6,11,15H,7-10,12-13H2,(H,24,27). The van der Waals surface area contributed by atoms with Gasteiger partial charge in [-0.1, -0.05) is 23.7 Å². The molecule has 29 heavy (non-hydrogen) atoms. The number of carbonyl (C=O) groups excluding carboxylic acids is 1. The van der Waals surface area contributed by atoms with Gasteiger partial charge in [-0.3, -0.25) is 14.3 Å². The van der Waals surface area contributed by atoms with Gasteiger partial charge < -0.3 is 9.73 Å². The molecule has 0 spiro atoms. The maximum atomic E-state index is 13.0. The van der Waals surface area contributed by atoms with Crippen LogP contribution in [0.2, 0.25) is 5.02 Å². The van der Waals surface area contributed by atoms with Crippen molar-refractivity contribution in [2.24, 2.45) is 5.92 Å². The number of halogens is 2. The minimum Gasteiger partial charge on any atom is -0.408 e. The Hall–Kier alpha value is -2.64. The van der Waals surface area contributed by atoms with Crippen molar-refractivity contribution in [2.75, 3.05) is 13.1 Å². The molecule has 2 heterocycles. The molecule has 4 rings (SSSR count). The Morgan fingerprint density at radius 3 is 2.62 bits per heavy atom. The summed E-state index contributed by atoms with van der Waals surface area (Å²) < 4.78 is 19.8. The molecule has 0 bridgehead atoms. The summed E-state index contributed by atoms with van der Waals surface area (Å²) in [4.78, 5) is 26.7. The number of oxazole rings is 1. The zero-order chi connectivity index (χ0) is 20.4. The van der Waals surface area contributed by atoms with Gasteiger partial charge in [0.25, 0.3) is 0 Å². The molecular formula is C21H21ClFN3O3. The van der Waals surface area contributed by atoms with Crippen molar-refractivity contribution in [3.8, 4) is 0 Å². The minimum absolute atomic E-state index is 0.00619. The van der Waals surface area contributed by atoms with E-state index in [9.17, 15) is 14.0 Å². The molecule has 1 aromatic heterocycles. The summed E-state index contributed by atoms with van der Waals surface area (Å²) in [6.45, 7) is 2.19. The molecule has 2 aromatic carbocycles. The van der Waals surface area contributed by atoms with Gasteiger partial charge in [-0.2, -0.15) is 0 Å². The molecule has 1 N–H and O–H groups in total. The van der Waals surface area contributed by atoms with Crippen molar-refractivity contribution < 1.29 is 13.6 Å². The molecule has 0 aliphatic carbocycles. The average molecular weight is 418 g/mol. The summed E-state index contributed by atoms with van der Waals surface area (Å²) >= 11 is 6.04. The molecule has 0 atom stereocenters. The van der Waals surface area contributed by atoms with Crippen molar-refractivity contribution in [3.05, 3.63) is 69.4 Å². The fraction of sp³-hybridized carbons (Fsp3) is 0.333. The molecule has 0 radical (unpaired) electrons. The van der Waals surface area contributed by atoms with Gasteiger partial charge >= 0.3 is 5.76 Å². The number of nitrogens with zero attached hydrogens (tertiary/aromatic N) is 2. The predicted molar refractivity (Wildman–Crippen MR) is 108 cm³/mol. The van der Waals surface area contributed by atoms with E-state index in [1.54, 1.807) is 34.9 Å². The quantitative estimate of drug-likeness (QED) is 0.691. The van der Waals surface area contributed by atoms with Gasteiger partial charge in [-0.15, -0.1) is 0 Å². The van der Waals surface area contributed by atoms with Crippen LogP contribution in [0.1, 0.15) is 18.4 Å². The number of hydrogen-bond donors (Lipinski definition) is 1. The first-order valence-electron chi connectivity index (χ1n) is 9.53. The first kappa shape index (κ1) is 19.7. The smallest absolute Gasteiger partial charge is 0.408 e. The molecule has 0 saturated carbocycles. The Labute approximate surface area is 171 Å². The fourth-order valence-electron chi connectivity index (χ4n) is 3.64. The number of amides is 1. The third-order valence-electron chi connectivity index (χ3n) is 5.31. The van der Waals surface area contributed by atoms with Gasteiger partial charge in [0.1, 0.15) is 5.82 Å². The molecule has 8 heteroatoms. The second kappa shape index (κ2) is 8.39. The maximum Gasteiger partial charge on any atom is 0.421 e. The third-order valence-corrected chi connectivity index (χ3v) is 5.54. The lowest BCUT2D eigenvalue weighted by atomic mass is 9.96. The fourth-order valence-corrected chi connectivity index (χ4v) is 3.81. The first-order chi connectivity index (χ1) is 14.0. The average Bonchev–Trinajstić information content (AvgIpc) is 3.02. The van der Waals surface area contributed by atoms with E-state index >= 15 is 0 Å². The number of aromatic nitrogens is 1. The van der Waals surface area contributed by atoms with E-state index in [1.807, 2.05) is 0 Å². The Morgan fingerprint density at radius 2 is 1.90 bits per heavy atom. The van der Waals surface area contributed by atoms with Gasteiger partial charge in [0.15, 0.2) is 5.58 Å². The third kappa shape index (κ3) is 4.52. The van der Waals surface area contributed by atoms with Crippen molar-refractivity contribution in [3.63, 3.8) is 0 Å². The van der Waals surface area contributed by atoms with E-state index in [1.165, 1.54) is 12.1 Å². The number of rotatable bonds is 5. The highest BCUT2D eigenvalue weighted by atomic mass is 35.5. The predicted octanol–water partition coefficient (Wildman–Crippen LogP) is 3.37. The van der Waals surface area contributed by atoms with Crippen molar-refractivity contribution in [1.29, 1.82) is 0 Å². The van der Waals surface area contributed by atoms with Gasteiger partial charge in [0.2, 0.25) is 5.91 Å². The van der Waals surface area contributed by atoms with Crippen LogP contribution in [0.4, 0.5) is 4.39 Å². The second-order valence-electron chi connectivity index (χ2n) is 7.29. The van der Waals surface area contributed by atoms with Crippen LogP contribution in [0.15, 0.2) is 51.7 Å². The Balaban J connectivity index is 1.32. The molecule has 1 aliphatic heterocycles. The summed E-state index contributed by atoms with van der Waals surface area (Å²) in [5.74, 6) is -0.772. The van der Waals surface area contributed by atoms with Crippen LogP contribution >= 0.6 is 11.6 Å². The van der Waals surface area contributed by atoms with E-state index in [0.717, 1.165) is 5.56 Å². The van der Waals surface area contributed by atoms with Crippen molar-refractivity contribution >= 4 is 28.6 Å².